The van der Waals surface area contributed by atoms with E-state index in [4.69, 9.17) is 11.6 Å². The second kappa shape index (κ2) is 8.04. The molecule has 0 fully saturated rings. The van der Waals surface area contributed by atoms with Crippen LogP contribution in [0, 0.1) is 0 Å². The van der Waals surface area contributed by atoms with Crippen LogP contribution in [0.1, 0.15) is 47.4 Å². The molecule has 1 atom stereocenters. The summed E-state index contributed by atoms with van der Waals surface area (Å²) in [7, 11) is 0. The highest BCUT2D eigenvalue weighted by Crippen LogP contribution is 2.20. The summed E-state index contributed by atoms with van der Waals surface area (Å²) in [6, 6.07) is 8.98. The summed E-state index contributed by atoms with van der Waals surface area (Å²) in [5.74, 6) is -0.124. The van der Waals surface area contributed by atoms with E-state index < -0.39 is 6.10 Å². The van der Waals surface area contributed by atoms with Crippen LogP contribution in [0.3, 0.4) is 0 Å². The number of hydrogen-bond acceptors (Lipinski definition) is 3. The summed E-state index contributed by atoms with van der Waals surface area (Å²) in [6.45, 7) is 3.80. The van der Waals surface area contributed by atoms with Crippen molar-refractivity contribution in [3.63, 3.8) is 0 Å². The Morgan fingerprint density at radius 1 is 1.39 bits per heavy atom. The molecule has 1 heterocycles. The van der Waals surface area contributed by atoms with Gasteiger partial charge in [0.1, 0.15) is 0 Å². The molecule has 1 aromatic carbocycles. The van der Waals surface area contributed by atoms with Gasteiger partial charge in [-0.15, -0.1) is 0 Å². The van der Waals surface area contributed by atoms with Crippen LogP contribution < -0.4 is 0 Å². The van der Waals surface area contributed by atoms with E-state index in [1.807, 2.05) is 38.1 Å². The minimum absolute atomic E-state index is 0.124. The number of halogens is 1. The van der Waals surface area contributed by atoms with Crippen molar-refractivity contribution < 1.29 is 9.90 Å². The predicted octanol–water partition coefficient (Wildman–Crippen LogP) is 4.31. The average molecular weight is 330 g/mol. The number of nitrogens with zero attached hydrogens (tertiary/aromatic N) is 1. The van der Waals surface area contributed by atoms with Crippen molar-refractivity contribution in [2.75, 3.05) is 0 Å². The average Bonchev–Trinajstić information content (AvgIpc) is 2.56. The van der Waals surface area contributed by atoms with Gasteiger partial charge in [-0.1, -0.05) is 42.8 Å². The van der Waals surface area contributed by atoms with Gasteiger partial charge >= 0.3 is 0 Å². The van der Waals surface area contributed by atoms with Crippen molar-refractivity contribution >= 4 is 23.5 Å². The molecule has 0 aliphatic rings. The molecule has 0 radical (unpaired) electrons. The van der Waals surface area contributed by atoms with Crippen LogP contribution >= 0.6 is 11.6 Å². The van der Waals surface area contributed by atoms with Crippen LogP contribution in [0.15, 0.2) is 42.6 Å². The monoisotopic (exact) mass is 329 g/mol. The summed E-state index contributed by atoms with van der Waals surface area (Å²) in [6.07, 6.45) is 5.97. The number of pyridine rings is 1. The molecule has 2 rings (SSSR count). The highest BCUT2D eigenvalue weighted by molar-refractivity contribution is 6.31. The van der Waals surface area contributed by atoms with Crippen LogP contribution in [0.4, 0.5) is 0 Å². The van der Waals surface area contributed by atoms with Crippen LogP contribution in [0.5, 0.6) is 0 Å². The molecule has 120 valence electrons. The van der Waals surface area contributed by atoms with E-state index in [1.54, 1.807) is 18.2 Å². The summed E-state index contributed by atoms with van der Waals surface area (Å²) in [4.78, 5) is 17.0. The van der Waals surface area contributed by atoms with Crippen molar-refractivity contribution in [3.05, 3.63) is 70.0 Å². The number of aliphatic hydroxyl groups excluding tert-OH is 1. The number of benzene rings is 1. The molecule has 0 bridgehead atoms. The second-order valence-electron chi connectivity index (χ2n) is 5.38. The molecule has 0 saturated heterocycles. The molecule has 1 unspecified atom stereocenters. The maximum absolute atomic E-state index is 12.8. The van der Waals surface area contributed by atoms with Gasteiger partial charge in [0.2, 0.25) is 0 Å². The van der Waals surface area contributed by atoms with Gasteiger partial charge in [0.15, 0.2) is 5.78 Å². The molecule has 1 N–H and O–H groups in total. The highest BCUT2D eigenvalue weighted by Gasteiger charge is 2.15. The smallest absolute Gasteiger partial charge is 0.195 e. The van der Waals surface area contributed by atoms with Crippen LogP contribution in [-0.4, -0.2) is 22.0 Å². The van der Waals surface area contributed by atoms with E-state index in [0.717, 1.165) is 5.56 Å². The number of rotatable bonds is 6. The standard InChI is InChI=1S/C19H20ClNO2/c1-3-6-18-17(11-15(20)12-21-18)19(23)14-8-5-7-13(9-14)10-16(22)4-2/h3,5-9,11-12,16,22H,4,10H2,1-2H3/b6-3-. The van der Waals surface area contributed by atoms with Crippen molar-refractivity contribution in [2.45, 2.75) is 32.8 Å². The summed E-state index contributed by atoms with van der Waals surface area (Å²) < 4.78 is 0. The molecular weight excluding hydrogens is 310 g/mol. The first-order valence-corrected chi connectivity index (χ1v) is 8.02. The fourth-order valence-electron chi connectivity index (χ4n) is 2.33. The van der Waals surface area contributed by atoms with Gasteiger partial charge in [-0.25, -0.2) is 0 Å². The molecule has 0 amide bonds. The highest BCUT2D eigenvalue weighted by atomic mass is 35.5. The molecule has 1 aromatic heterocycles. The topological polar surface area (TPSA) is 50.2 Å². The fraction of sp³-hybridized carbons (Fsp3) is 0.263. The van der Waals surface area contributed by atoms with E-state index in [-0.39, 0.29) is 5.78 Å². The fourth-order valence-corrected chi connectivity index (χ4v) is 2.49. The third-order valence-corrected chi connectivity index (χ3v) is 3.79. The lowest BCUT2D eigenvalue weighted by molar-refractivity contribution is 0.103. The molecular formula is C19H20ClNO2. The maximum atomic E-state index is 12.8. The Hall–Kier alpha value is -1.97. The third kappa shape index (κ3) is 4.50. The van der Waals surface area contributed by atoms with E-state index >= 15 is 0 Å². The Balaban J connectivity index is 2.37. The number of ketones is 1. The van der Waals surface area contributed by atoms with E-state index in [0.29, 0.717) is 34.7 Å². The molecule has 2 aromatic rings. The number of carbonyl (C=O) groups excluding carboxylic acids is 1. The zero-order valence-electron chi connectivity index (χ0n) is 13.3. The first-order valence-electron chi connectivity index (χ1n) is 7.65. The Bertz CT molecular complexity index is 725. The number of aromatic nitrogens is 1. The van der Waals surface area contributed by atoms with Crippen molar-refractivity contribution in [2.24, 2.45) is 0 Å². The number of carbonyl (C=O) groups is 1. The zero-order chi connectivity index (χ0) is 16.8. The maximum Gasteiger partial charge on any atom is 0.195 e. The van der Waals surface area contributed by atoms with Gasteiger partial charge < -0.3 is 5.11 Å². The van der Waals surface area contributed by atoms with Crippen LogP contribution in [-0.2, 0) is 6.42 Å². The minimum atomic E-state index is -0.397. The molecule has 0 aliphatic heterocycles. The van der Waals surface area contributed by atoms with E-state index in [9.17, 15) is 9.90 Å². The van der Waals surface area contributed by atoms with Gasteiger partial charge in [-0.2, -0.15) is 0 Å². The van der Waals surface area contributed by atoms with E-state index in [2.05, 4.69) is 4.98 Å². The quantitative estimate of drug-likeness (QED) is 0.803. The lowest BCUT2D eigenvalue weighted by Crippen LogP contribution is -2.10. The van der Waals surface area contributed by atoms with Gasteiger partial charge in [-0.05, 0) is 43.5 Å². The minimum Gasteiger partial charge on any atom is -0.393 e. The summed E-state index contributed by atoms with van der Waals surface area (Å²) in [5, 5.41) is 10.2. The summed E-state index contributed by atoms with van der Waals surface area (Å²) >= 11 is 6.00. The third-order valence-electron chi connectivity index (χ3n) is 3.59. The van der Waals surface area contributed by atoms with Gasteiger partial charge in [0, 0.05) is 17.3 Å². The second-order valence-corrected chi connectivity index (χ2v) is 5.82. The molecule has 23 heavy (non-hydrogen) atoms. The lowest BCUT2D eigenvalue weighted by Gasteiger charge is -2.10. The molecule has 0 saturated carbocycles. The number of aliphatic hydroxyl groups is 1. The Morgan fingerprint density at radius 2 is 2.17 bits per heavy atom. The SMILES string of the molecule is C/C=C\c1ncc(Cl)cc1C(=O)c1cccc(CC(O)CC)c1. The number of hydrogen-bond donors (Lipinski definition) is 1. The van der Waals surface area contributed by atoms with Crippen molar-refractivity contribution in [1.29, 1.82) is 0 Å². The zero-order valence-corrected chi connectivity index (χ0v) is 14.0. The van der Waals surface area contributed by atoms with Gasteiger partial charge in [-0.3, -0.25) is 9.78 Å². The van der Waals surface area contributed by atoms with Crippen molar-refractivity contribution in [1.82, 2.24) is 4.98 Å². The molecule has 0 aliphatic carbocycles. The molecule has 4 heteroatoms. The normalized spacial score (nSPS) is 12.5. The van der Waals surface area contributed by atoms with Gasteiger partial charge in [0.25, 0.3) is 0 Å². The Labute approximate surface area is 141 Å². The first kappa shape index (κ1) is 17.4. The van der Waals surface area contributed by atoms with Crippen molar-refractivity contribution in [3.8, 4) is 0 Å². The largest absolute Gasteiger partial charge is 0.393 e. The van der Waals surface area contributed by atoms with Crippen LogP contribution in [0.25, 0.3) is 6.08 Å². The summed E-state index contributed by atoms with van der Waals surface area (Å²) in [5.41, 5.74) is 2.58. The predicted molar refractivity (Wildman–Crippen MR) is 93.8 cm³/mol. The Morgan fingerprint density at radius 3 is 2.87 bits per heavy atom. The Kier molecular flexibility index (Phi) is 6.08. The first-order chi connectivity index (χ1) is 11.0. The molecule has 3 nitrogen and oxygen atoms in total. The van der Waals surface area contributed by atoms with Gasteiger partial charge in [0.05, 0.1) is 16.8 Å². The molecule has 0 spiro atoms. The van der Waals surface area contributed by atoms with Crippen LogP contribution in [0.2, 0.25) is 5.02 Å². The lowest BCUT2D eigenvalue weighted by atomic mass is 9.97. The van der Waals surface area contributed by atoms with E-state index in [1.165, 1.54) is 6.20 Å². The number of allylic oxidation sites excluding steroid dienone is 1.